The fourth-order valence-electron chi connectivity index (χ4n) is 5.94. The van der Waals surface area contributed by atoms with Crippen LogP contribution in [0.2, 0.25) is 0 Å². The zero-order valence-corrected chi connectivity index (χ0v) is 22.6. The zero-order chi connectivity index (χ0) is 26.7. The number of anilines is 2. The summed E-state index contributed by atoms with van der Waals surface area (Å²) in [6, 6.07) is 34.9. The van der Waals surface area contributed by atoms with Crippen molar-refractivity contribution >= 4 is 11.4 Å². The second-order valence-electron chi connectivity index (χ2n) is 10.1. The van der Waals surface area contributed by atoms with E-state index < -0.39 is 0 Å². The molecule has 0 aliphatic heterocycles. The predicted molar refractivity (Wildman–Crippen MR) is 165 cm³/mol. The fourth-order valence-corrected chi connectivity index (χ4v) is 5.94. The van der Waals surface area contributed by atoms with Crippen LogP contribution in [0.25, 0.3) is 22.3 Å². The number of hydrogen-bond acceptors (Lipinski definition) is 1. The van der Waals surface area contributed by atoms with Gasteiger partial charge in [0.15, 0.2) is 0 Å². The minimum atomic E-state index is -0.173. The van der Waals surface area contributed by atoms with Gasteiger partial charge in [-0.3, -0.25) is 0 Å². The van der Waals surface area contributed by atoms with Gasteiger partial charge in [0.2, 0.25) is 0 Å². The maximum absolute atomic E-state index is 4.38. The van der Waals surface area contributed by atoms with Crippen LogP contribution in [0.5, 0.6) is 0 Å². The number of benzene rings is 4. The molecule has 1 heteroatoms. The van der Waals surface area contributed by atoms with Crippen molar-refractivity contribution in [3.63, 3.8) is 0 Å². The summed E-state index contributed by atoms with van der Waals surface area (Å²) in [5.41, 5.74) is 11.9. The minimum Gasteiger partial charge on any atom is -0.310 e. The van der Waals surface area contributed by atoms with Gasteiger partial charge in [0.1, 0.15) is 0 Å². The lowest BCUT2D eigenvalue weighted by molar-refractivity contribution is 0.586. The SMILES string of the molecule is C=C/C(=C\C)N(c1ccc2c(c1)C(C)(CC(=C)/C=C\C)c1ccccc1-2)c1ccccc1-c1ccccc1. The molecule has 38 heavy (non-hydrogen) atoms. The topological polar surface area (TPSA) is 3.24 Å². The minimum absolute atomic E-state index is 0.173. The highest BCUT2D eigenvalue weighted by atomic mass is 15.1. The average Bonchev–Trinajstić information content (AvgIpc) is 3.19. The van der Waals surface area contributed by atoms with Crippen LogP contribution in [-0.4, -0.2) is 0 Å². The summed E-state index contributed by atoms with van der Waals surface area (Å²) in [6.45, 7) is 15.0. The van der Waals surface area contributed by atoms with Gasteiger partial charge in [-0.25, -0.2) is 0 Å². The van der Waals surface area contributed by atoms with E-state index in [0.29, 0.717) is 0 Å². The Morgan fingerprint density at radius 2 is 1.45 bits per heavy atom. The van der Waals surface area contributed by atoms with Gasteiger partial charge in [-0.05, 0) is 72.4 Å². The molecule has 5 rings (SSSR count). The summed E-state index contributed by atoms with van der Waals surface area (Å²) < 4.78 is 0. The van der Waals surface area contributed by atoms with Gasteiger partial charge in [-0.2, -0.15) is 0 Å². The lowest BCUT2D eigenvalue weighted by atomic mass is 9.75. The Labute approximate surface area is 227 Å². The van der Waals surface area contributed by atoms with E-state index in [-0.39, 0.29) is 5.41 Å². The summed E-state index contributed by atoms with van der Waals surface area (Å²) in [5.74, 6) is 0. The number of hydrogen-bond donors (Lipinski definition) is 0. The summed E-state index contributed by atoms with van der Waals surface area (Å²) in [5, 5.41) is 0. The van der Waals surface area contributed by atoms with Crippen LogP contribution in [-0.2, 0) is 5.41 Å². The summed E-state index contributed by atoms with van der Waals surface area (Å²) >= 11 is 0. The van der Waals surface area contributed by atoms with E-state index in [1.807, 2.05) is 6.08 Å². The van der Waals surface area contributed by atoms with Gasteiger partial charge in [-0.15, -0.1) is 0 Å². The van der Waals surface area contributed by atoms with Gasteiger partial charge in [-0.1, -0.05) is 123 Å². The van der Waals surface area contributed by atoms with Crippen LogP contribution in [0.4, 0.5) is 11.4 Å². The van der Waals surface area contributed by atoms with E-state index in [1.165, 1.54) is 33.4 Å². The molecule has 0 radical (unpaired) electrons. The number of nitrogens with zero attached hydrogens (tertiary/aromatic N) is 1. The van der Waals surface area contributed by atoms with Crippen LogP contribution >= 0.6 is 0 Å². The van der Waals surface area contributed by atoms with Crippen molar-refractivity contribution in [2.45, 2.75) is 32.6 Å². The van der Waals surface area contributed by atoms with E-state index in [0.717, 1.165) is 29.1 Å². The van der Waals surface area contributed by atoms with Crippen molar-refractivity contribution in [1.82, 2.24) is 0 Å². The first-order valence-electron chi connectivity index (χ1n) is 13.3. The summed E-state index contributed by atoms with van der Waals surface area (Å²) in [7, 11) is 0. The van der Waals surface area contributed by atoms with Crippen molar-refractivity contribution in [3.8, 4) is 22.3 Å². The second kappa shape index (κ2) is 10.6. The normalized spacial score (nSPS) is 16.2. The molecule has 4 aromatic rings. The molecule has 0 aromatic heterocycles. The summed E-state index contributed by atoms with van der Waals surface area (Å²) in [6.07, 6.45) is 9.15. The molecule has 4 aromatic carbocycles. The highest BCUT2D eigenvalue weighted by Crippen LogP contribution is 2.53. The van der Waals surface area contributed by atoms with Crippen LogP contribution in [0.15, 0.2) is 146 Å². The molecule has 0 saturated heterocycles. The first-order valence-corrected chi connectivity index (χ1v) is 13.3. The van der Waals surface area contributed by atoms with Gasteiger partial charge in [0.25, 0.3) is 0 Å². The molecule has 0 fully saturated rings. The highest BCUT2D eigenvalue weighted by molar-refractivity contribution is 5.88. The quantitative estimate of drug-likeness (QED) is 0.221. The Kier molecular flexibility index (Phi) is 7.03. The first-order chi connectivity index (χ1) is 18.5. The molecular weight excluding hydrogens is 458 g/mol. The largest absolute Gasteiger partial charge is 0.310 e. The van der Waals surface area contributed by atoms with E-state index in [4.69, 9.17) is 0 Å². The molecule has 0 amide bonds. The van der Waals surface area contributed by atoms with Crippen molar-refractivity contribution < 1.29 is 0 Å². The van der Waals surface area contributed by atoms with Crippen LogP contribution in [0.1, 0.15) is 38.3 Å². The molecule has 0 N–H and O–H groups in total. The first kappa shape index (κ1) is 25.3. The van der Waals surface area contributed by atoms with Gasteiger partial charge in [0, 0.05) is 22.4 Å². The van der Waals surface area contributed by atoms with E-state index >= 15 is 0 Å². The van der Waals surface area contributed by atoms with Crippen molar-refractivity contribution in [2.24, 2.45) is 0 Å². The lowest BCUT2D eigenvalue weighted by Crippen LogP contribution is -2.22. The number of allylic oxidation sites excluding steroid dienone is 5. The van der Waals surface area contributed by atoms with Gasteiger partial charge < -0.3 is 4.90 Å². The maximum Gasteiger partial charge on any atom is 0.0539 e. The van der Waals surface area contributed by atoms with Gasteiger partial charge >= 0.3 is 0 Å². The van der Waals surface area contributed by atoms with Crippen LogP contribution in [0, 0.1) is 0 Å². The molecule has 0 heterocycles. The number of fused-ring (bicyclic) bond motifs is 3. The van der Waals surface area contributed by atoms with Crippen LogP contribution < -0.4 is 4.90 Å². The Morgan fingerprint density at radius 1 is 0.789 bits per heavy atom. The molecule has 0 spiro atoms. The smallest absolute Gasteiger partial charge is 0.0539 e. The average molecular weight is 494 g/mol. The molecule has 188 valence electrons. The third-order valence-corrected chi connectivity index (χ3v) is 7.64. The van der Waals surface area contributed by atoms with E-state index in [1.54, 1.807) is 0 Å². The molecule has 0 saturated carbocycles. The van der Waals surface area contributed by atoms with E-state index in [9.17, 15) is 0 Å². The predicted octanol–water partition coefficient (Wildman–Crippen LogP) is 10.4. The highest BCUT2D eigenvalue weighted by Gasteiger charge is 2.39. The standard InChI is InChI=1S/C37H35N/c1-6-16-27(4)26-37(5)34-21-14-12-20-32(34)33-24-23-30(25-35(33)37)38(29(7-2)8-3)36-22-15-13-19-31(36)28-17-10-9-11-18-28/h6-25H,2,4,26H2,1,3,5H3/b16-6-,29-8+. The van der Waals surface area contributed by atoms with Gasteiger partial charge in [0.05, 0.1) is 5.69 Å². The van der Waals surface area contributed by atoms with Crippen LogP contribution in [0.3, 0.4) is 0 Å². The Morgan fingerprint density at radius 3 is 2.16 bits per heavy atom. The second-order valence-corrected chi connectivity index (χ2v) is 10.1. The van der Waals surface area contributed by atoms with E-state index in [2.05, 4.69) is 154 Å². The molecule has 1 unspecified atom stereocenters. The maximum atomic E-state index is 4.38. The number of rotatable bonds is 8. The Bertz CT molecular complexity index is 1550. The Balaban J connectivity index is 1.72. The summed E-state index contributed by atoms with van der Waals surface area (Å²) in [4.78, 5) is 2.33. The van der Waals surface area contributed by atoms with Crippen molar-refractivity contribution in [1.29, 1.82) is 0 Å². The lowest BCUT2D eigenvalue weighted by Gasteiger charge is -2.32. The van der Waals surface area contributed by atoms with Crippen molar-refractivity contribution in [3.05, 3.63) is 157 Å². The number of para-hydroxylation sites is 1. The fraction of sp³-hybridized carbons (Fsp3) is 0.135. The molecule has 0 bridgehead atoms. The third kappa shape index (κ3) is 4.35. The molecule has 1 aliphatic carbocycles. The molecular formula is C37H35N. The molecule has 1 aliphatic rings. The molecule has 1 nitrogen and oxygen atoms in total. The monoisotopic (exact) mass is 493 g/mol. The Hall–Kier alpha value is -4.36. The third-order valence-electron chi connectivity index (χ3n) is 7.64. The molecule has 1 atom stereocenters. The zero-order valence-electron chi connectivity index (χ0n) is 22.6. The van der Waals surface area contributed by atoms with Crippen molar-refractivity contribution in [2.75, 3.05) is 4.90 Å².